The van der Waals surface area contributed by atoms with Gasteiger partial charge in [-0.05, 0) is 61.4 Å². The van der Waals surface area contributed by atoms with Gasteiger partial charge in [0, 0.05) is 0 Å². The zero-order chi connectivity index (χ0) is 14.9. The molecule has 0 amide bonds. The average Bonchev–Trinajstić information content (AvgIpc) is 2.52. The van der Waals surface area contributed by atoms with Crippen LogP contribution < -0.4 is 4.74 Å². The first-order chi connectivity index (χ1) is 10.3. The van der Waals surface area contributed by atoms with Gasteiger partial charge in [-0.1, -0.05) is 37.3 Å². The molecule has 0 radical (unpaired) electrons. The second kappa shape index (κ2) is 8.69. The summed E-state index contributed by atoms with van der Waals surface area (Å²) in [7, 11) is -1.31. The first kappa shape index (κ1) is 15.9. The van der Waals surface area contributed by atoms with Crippen molar-refractivity contribution in [3.63, 3.8) is 0 Å². The Morgan fingerprint density at radius 2 is 1.71 bits per heavy atom. The van der Waals surface area contributed by atoms with Crippen molar-refractivity contribution in [2.75, 3.05) is 12.3 Å². The second-order valence-corrected chi connectivity index (χ2v) is 7.45. The summed E-state index contributed by atoms with van der Waals surface area (Å²) < 4.78 is 17.3. The summed E-state index contributed by atoms with van der Waals surface area (Å²) in [5.74, 6) is 1.73. The number of aryl methyl sites for hydroxylation is 1. The van der Waals surface area contributed by atoms with Crippen molar-refractivity contribution in [2.24, 2.45) is 0 Å². The molecule has 2 aromatic rings. The zero-order valence-electron chi connectivity index (χ0n) is 12.5. The Labute approximate surface area is 127 Å². The smallest absolute Gasteiger partial charge is 0.127 e. The largest absolute Gasteiger partial charge is 0.457 e. The van der Waals surface area contributed by atoms with Gasteiger partial charge in [-0.25, -0.2) is 0 Å². The van der Waals surface area contributed by atoms with Crippen LogP contribution in [0.4, 0.5) is 0 Å². The molecule has 0 fully saturated rings. The predicted molar refractivity (Wildman–Crippen MR) is 90.3 cm³/mol. The Kier molecular flexibility index (Phi) is 6.56. The molecule has 2 aromatic carbocycles. The number of hydrogen-bond acceptors (Lipinski definition) is 2. The van der Waals surface area contributed by atoms with E-state index >= 15 is 0 Å². The number of unbranched alkanes of at least 4 members (excludes halogenated alkanes) is 1. The second-order valence-electron chi connectivity index (χ2n) is 5.16. The molecule has 0 heterocycles. The Morgan fingerprint density at radius 3 is 2.48 bits per heavy atom. The van der Waals surface area contributed by atoms with Gasteiger partial charge in [-0.3, -0.25) is 0 Å². The third-order valence-corrected chi connectivity index (χ3v) is 5.14. The fraction of sp³-hybridized carbons (Fsp3) is 0.333. The molecule has 3 heteroatoms. The van der Waals surface area contributed by atoms with Crippen LogP contribution in [0.5, 0.6) is 11.5 Å². The molecule has 0 aliphatic carbocycles. The molecule has 0 spiro atoms. The van der Waals surface area contributed by atoms with Crippen LogP contribution in [0, 0.1) is 0 Å². The van der Waals surface area contributed by atoms with Crippen molar-refractivity contribution in [1.29, 1.82) is 0 Å². The molecule has 0 aliphatic heterocycles. The summed E-state index contributed by atoms with van der Waals surface area (Å²) in [6.07, 6.45) is 4.89. The molecule has 112 valence electrons. The van der Waals surface area contributed by atoms with E-state index in [0.717, 1.165) is 43.1 Å². The van der Waals surface area contributed by atoms with Crippen LogP contribution in [0.25, 0.3) is 0 Å². The minimum absolute atomic E-state index is 0.838. The Balaban J connectivity index is 1.85. The van der Waals surface area contributed by atoms with Gasteiger partial charge in [0.1, 0.15) is 11.5 Å². The molecule has 2 nitrogen and oxygen atoms in total. The summed E-state index contributed by atoms with van der Waals surface area (Å²) >= 11 is 0. The van der Waals surface area contributed by atoms with E-state index in [1.165, 1.54) is 5.56 Å². The van der Waals surface area contributed by atoms with Crippen molar-refractivity contribution in [1.82, 2.24) is 0 Å². The molecule has 0 aromatic heterocycles. The lowest BCUT2D eigenvalue weighted by Gasteiger charge is -2.07. The van der Waals surface area contributed by atoms with Crippen molar-refractivity contribution >= 4 is 7.80 Å². The standard InChI is InChI=1S/C18H23O2P/c1-2-21(19)14-7-6-9-16-10-8-13-18(15-16)20-17-11-4-3-5-12-17/h3-5,8,10-13,15,21H,2,6-7,9,14H2,1H3. The van der Waals surface area contributed by atoms with Gasteiger partial charge < -0.3 is 9.30 Å². The van der Waals surface area contributed by atoms with Crippen LogP contribution in [0.15, 0.2) is 54.6 Å². The van der Waals surface area contributed by atoms with Crippen molar-refractivity contribution in [2.45, 2.75) is 26.2 Å². The third kappa shape index (κ3) is 5.77. The van der Waals surface area contributed by atoms with Crippen molar-refractivity contribution in [3.8, 4) is 11.5 Å². The SMILES string of the molecule is CC[PH](=O)CCCCc1cccc(Oc2ccccc2)c1. The lowest BCUT2D eigenvalue weighted by molar-refractivity contribution is 0.482. The van der Waals surface area contributed by atoms with Crippen LogP contribution in [-0.4, -0.2) is 12.3 Å². The Bertz CT molecular complexity index is 566. The van der Waals surface area contributed by atoms with Crippen molar-refractivity contribution in [3.05, 3.63) is 60.2 Å². The lowest BCUT2D eigenvalue weighted by atomic mass is 10.1. The molecular weight excluding hydrogens is 279 g/mol. The summed E-state index contributed by atoms with van der Waals surface area (Å²) in [4.78, 5) is 0. The summed E-state index contributed by atoms with van der Waals surface area (Å²) in [6, 6.07) is 18.0. The maximum atomic E-state index is 11.4. The maximum absolute atomic E-state index is 11.4. The monoisotopic (exact) mass is 302 g/mol. The number of benzene rings is 2. The van der Waals surface area contributed by atoms with Gasteiger partial charge in [0.2, 0.25) is 0 Å². The molecule has 0 N–H and O–H groups in total. The van der Waals surface area contributed by atoms with Gasteiger partial charge in [-0.15, -0.1) is 0 Å². The highest BCUT2D eigenvalue weighted by Crippen LogP contribution is 2.24. The molecule has 1 atom stereocenters. The van der Waals surface area contributed by atoms with E-state index in [1.54, 1.807) is 0 Å². The minimum atomic E-state index is -1.31. The zero-order valence-corrected chi connectivity index (χ0v) is 13.5. The van der Waals surface area contributed by atoms with E-state index in [1.807, 2.05) is 49.4 Å². The highest BCUT2D eigenvalue weighted by Gasteiger charge is 2.00. The van der Waals surface area contributed by atoms with Gasteiger partial charge in [-0.2, -0.15) is 0 Å². The van der Waals surface area contributed by atoms with Crippen LogP contribution in [0.3, 0.4) is 0 Å². The normalized spacial score (nSPS) is 12.0. The van der Waals surface area contributed by atoms with Gasteiger partial charge in [0.25, 0.3) is 0 Å². The van der Waals surface area contributed by atoms with E-state index in [-0.39, 0.29) is 0 Å². The highest BCUT2D eigenvalue weighted by molar-refractivity contribution is 7.44. The number of ether oxygens (including phenoxy) is 1. The van der Waals surface area contributed by atoms with E-state index in [2.05, 4.69) is 12.1 Å². The van der Waals surface area contributed by atoms with Crippen LogP contribution in [0.1, 0.15) is 25.3 Å². The molecule has 0 saturated heterocycles. The molecule has 21 heavy (non-hydrogen) atoms. The molecule has 2 rings (SSSR count). The molecule has 0 saturated carbocycles. The molecule has 0 aliphatic rings. The number of hydrogen-bond donors (Lipinski definition) is 0. The first-order valence-corrected chi connectivity index (χ1v) is 9.43. The number of rotatable bonds is 8. The molecule has 0 bridgehead atoms. The Morgan fingerprint density at radius 1 is 0.952 bits per heavy atom. The highest BCUT2D eigenvalue weighted by atomic mass is 31.1. The van der Waals surface area contributed by atoms with Crippen LogP contribution in [0.2, 0.25) is 0 Å². The van der Waals surface area contributed by atoms with Gasteiger partial charge >= 0.3 is 0 Å². The summed E-state index contributed by atoms with van der Waals surface area (Å²) in [6.45, 7) is 2.01. The quantitative estimate of drug-likeness (QED) is 0.483. The number of para-hydroxylation sites is 1. The van der Waals surface area contributed by atoms with Gasteiger partial charge in [0.15, 0.2) is 0 Å². The first-order valence-electron chi connectivity index (χ1n) is 7.61. The van der Waals surface area contributed by atoms with Gasteiger partial charge in [0.05, 0.1) is 7.80 Å². The van der Waals surface area contributed by atoms with Crippen molar-refractivity contribution < 1.29 is 9.30 Å². The lowest BCUT2D eigenvalue weighted by Crippen LogP contribution is -1.90. The Hall–Kier alpha value is -1.53. The van der Waals surface area contributed by atoms with E-state index in [9.17, 15) is 4.57 Å². The maximum Gasteiger partial charge on any atom is 0.127 e. The van der Waals surface area contributed by atoms with E-state index in [0.29, 0.717) is 0 Å². The fourth-order valence-electron chi connectivity index (χ4n) is 2.22. The fourth-order valence-corrected chi connectivity index (χ4v) is 3.22. The summed E-state index contributed by atoms with van der Waals surface area (Å²) in [5, 5.41) is 0. The average molecular weight is 302 g/mol. The van der Waals surface area contributed by atoms with Crippen LogP contribution in [-0.2, 0) is 11.0 Å². The predicted octanol–water partition coefficient (Wildman–Crippen LogP) is 5.38. The van der Waals surface area contributed by atoms with Crippen LogP contribution >= 0.6 is 7.80 Å². The topological polar surface area (TPSA) is 26.3 Å². The molecular formula is C18H23O2P. The summed E-state index contributed by atoms with van der Waals surface area (Å²) in [5.41, 5.74) is 1.28. The molecule has 1 unspecified atom stereocenters. The minimum Gasteiger partial charge on any atom is -0.457 e. The van der Waals surface area contributed by atoms with E-state index in [4.69, 9.17) is 4.74 Å². The third-order valence-electron chi connectivity index (χ3n) is 3.44. The van der Waals surface area contributed by atoms with E-state index < -0.39 is 7.80 Å².